The fourth-order valence-electron chi connectivity index (χ4n) is 4.47. The predicted octanol–water partition coefficient (Wildman–Crippen LogP) is 4.75. The van der Waals surface area contributed by atoms with Crippen LogP contribution in [0.25, 0.3) is 17.7 Å². The maximum Gasteiger partial charge on any atom is 0.247 e. The zero-order valence-corrected chi connectivity index (χ0v) is 19.6. The number of nitrogens with one attached hydrogen (secondary N) is 1. The molecule has 5 nitrogen and oxygen atoms in total. The Morgan fingerprint density at radius 2 is 1.44 bits per heavy atom. The second-order valence-corrected chi connectivity index (χ2v) is 9.77. The van der Waals surface area contributed by atoms with Crippen LogP contribution in [0.3, 0.4) is 0 Å². The molecular formula is C29H36N2O3. The largest absolute Gasteiger partial charge is 0.394 e. The molecule has 5 heteroatoms. The number of rotatable bonds is 3. The van der Waals surface area contributed by atoms with Crippen molar-refractivity contribution in [2.45, 2.75) is 47.1 Å². The van der Waals surface area contributed by atoms with Gasteiger partial charge in [0.25, 0.3) is 0 Å². The number of hydrogen-bond acceptors (Lipinski definition) is 3. The average molecular weight is 461 g/mol. The number of amides is 2. The fourth-order valence-corrected chi connectivity index (χ4v) is 4.47. The molecule has 2 aromatic rings. The Balaban J connectivity index is 0.00000324. The van der Waals surface area contributed by atoms with E-state index in [0.717, 1.165) is 12.8 Å². The van der Waals surface area contributed by atoms with Crippen molar-refractivity contribution in [1.29, 1.82) is 0 Å². The number of nitrogens with zero attached hydrogens (tertiary/aromatic N) is 1. The summed E-state index contributed by atoms with van der Waals surface area (Å²) in [5.74, 6) is -0.462. The number of carbonyl (C=O) groups is 2. The number of fused-ring (bicyclic) bond motifs is 2. The Labute approximate surface area is 203 Å². The van der Waals surface area contributed by atoms with Crippen LogP contribution in [0.2, 0.25) is 0 Å². The van der Waals surface area contributed by atoms with E-state index in [1.165, 1.54) is 33.4 Å². The van der Waals surface area contributed by atoms with Crippen LogP contribution in [0.15, 0.2) is 54.1 Å². The minimum Gasteiger partial charge on any atom is -0.394 e. The van der Waals surface area contributed by atoms with E-state index in [9.17, 15) is 14.7 Å². The van der Waals surface area contributed by atoms with Gasteiger partial charge >= 0.3 is 0 Å². The van der Waals surface area contributed by atoms with Crippen LogP contribution < -0.4 is 5.32 Å². The standard InChI is InChI=1S/C28H32N2O3.CH4/c1-28(2,3)27(33)29-24(18-31)26(32)30-16-14-21(15-17-30)25-22-10-6-4-8-19(22)12-13-20-9-5-7-11-23(20)25;/h4-13,24,31H,14-18H2,1-3H3,(H,29,33);1H4/t24-;/m1./s1. The normalized spacial score (nSPS) is 16.1. The van der Waals surface area contributed by atoms with Gasteiger partial charge in [-0.25, -0.2) is 0 Å². The van der Waals surface area contributed by atoms with Gasteiger partial charge in [0, 0.05) is 18.5 Å². The molecule has 4 rings (SSSR count). The molecule has 1 aliphatic carbocycles. The van der Waals surface area contributed by atoms with Crippen LogP contribution in [0.4, 0.5) is 0 Å². The summed E-state index contributed by atoms with van der Waals surface area (Å²) in [6.07, 6.45) is 5.86. The second kappa shape index (κ2) is 10.4. The van der Waals surface area contributed by atoms with Crippen molar-refractivity contribution in [3.63, 3.8) is 0 Å². The molecule has 0 bridgehead atoms. The molecule has 1 saturated heterocycles. The third kappa shape index (κ3) is 5.15. The Kier molecular flexibility index (Phi) is 7.78. The monoisotopic (exact) mass is 460 g/mol. The van der Waals surface area contributed by atoms with Gasteiger partial charge < -0.3 is 15.3 Å². The van der Waals surface area contributed by atoms with Gasteiger partial charge in [-0.2, -0.15) is 0 Å². The highest BCUT2D eigenvalue weighted by molar-refractivity contribution is 5.95. The van der Waals surface area contributed by atoms with E-state index in [1.54, 1.807) is 25.7 Å². The van der Waals surface area contributed by atoms with Crippen molar-refractivity contribution >= 4 is 29.5 Å². The Morgan fingerprint density at radius 3 is 1.91 bits per heavy atom. The molecule has 180 valence electrons. The molecule has 2 aliphatic rings. The minimum absolute atomic E-state index is 0. The first kappa shape index (κ1) is 25.4. The number of hydrogen-bond donors (Lipinski definition) is 2. The van der Waals surface area contributed by atoms with Crippen molar-refractivity contribution in [2.24, 2.45) is 5.41 Å². The van der Waals surface area contributed by atoms with Crippen LogP contribution in [-0.2, 0) is 9.59 Å². The van der Waals surface area contributed by atoms with Crippen molar-refractivity contribution < 1.29 is 14.7 Å². The van der Waals surface area contributed by atoms with Crippen LogP contribution in [0, 0.1) is 5.41 Å². The number of likely N-dealkylation sites (tertiary alicyclic amines) is 1. The molecule has 2 N–H and O–H groups in total. The maximum atomic E-state index is 13.1. The highest BCUT2D eigenvalue weighted by Crippen LogP contribution is 2.38. The van der Waals surface area contributed by atoms with Crippen LogP contribution in [-0.4, -0.2) is 47.6 Å². The van der Waals surface area contributed by atoms with E-state index in [1.807, 2.05) is 0 Å². The van der Waals surface area contributed by atoms with E-state index < -0.39 is 18.1 Å². The van der Waals surface area contributed by atoms with Gasteiger partial charge in [0.1, 0.15) is 6.04 Å². The molecule has 2 aromatic carbocycles. The number of carbonyl (C=O) groups excluding carboxylic acids is 2. The highest BCUT2D eigenvalue weighted by Gasteiger charge is 2.31. The lowest BCUT2D eigenvalue weighted by Gasteiger charge is -2.33. The first-order valence-corrected chi connectivity index (χ1v) is 11.6. The van der Waals surface area contributed by atoms with E-state index in [-0.39, 0.29) is 19.2 Å². The number of piperidine rings is 1. The summed E-state index contributed by atoms with van der Waals surface area (Å²) >= 11 is 0. The molecule has 0 radical (unpaired) electrons. The third-order valence-electron chi connectivity index (χ3n) is 6.40. The van der Waals surface area contributed by atoms with Gasteiger partial charge in [0.2, 0.25) is 11.8 Å². The second-order valence-electron chi connectivity index (χ2n) is 9.77. The number of aliphatic hydroxyl groups excluding tert-OH is 1. The lowest BCUT2D eigenvalue weighted by Crippen LogP contribution is -2.53. The van der Waals surface area contributed by atoms with Gasteiger partial charge in [0.15, 0.2) is 0 Å². The molecule has 0 unspecified atom stereocenters. The summed E-state index contributed by atoms with van der Waals surface area (Å²) in [7, 11) is 0. The van der Waals surface area contributed by atoms with Gasteiger partial charge in [-0.1, -0.05) is 94.5 Å². The quantitative estimate of drug-likeness (QED) is 0.592. The van der Waals surface area contributed by atoms with Gasteiger partial charge in [-0.15, -0.1) is 0 Å². The lowest BCUT2D eigenvalue weighted by molar-refractivity contribution is -0.140. The van der Waals surface area contributed by atoms with Crippen molar-refractivity contribution in [3.05, 3.63) is 76.4 Å². The molecule has 34 heavy (non-hydrogen) atoms. The zero-order chi connectivity index (χ0) is 23.6. The van der Waals surface area contributed by atoms with E-state index in [4.69, 9.17) is 0 Å². The molecule has 0 aromatic heterocycles. The third-order valence-corrected chi connectivity index (χ3v) is 6.40. The van der Waals surface area contributed by atoms with Gasteiger partial charge in [0.05, 0.1) is 6.61 Å². The summed E-state index contributed by atoms with van der Waals surface area (Å²) in [6, 6.07) is 16.0. The molecule has 1 heterocycles. The maximum absolute atomic E-state index is 13.1. The molecular weight excluding hydrogens is 424 g/mol. The Morgan fingerprint density at radius 1 is 0.941 bits per heavy atom. The summed E-state index contributed by atoms with van der Waals surface area (Å²) < 4.78 is 0. The number of benzene rings is 2. The van der Waals surface area contributed by atoms with Gasteiger partial charge in [-0.05, 0) is 40.7 Å². The SMILES string of the molecule is C.CC(C)(C)C(=O)N[C@H](CO)C(=O)N1CCC(=C2c3ccccc3C=Cc3ccccc32)CC1. The van der Waals surface area contributed by atoms with Crippen molar-refractivity contribution in [2.75, 3.05) is 19.7 Å². The average Bonchev–Trinajstić information content (AvgIpc) is 2.98. The van der Waals surface area contributed by atoms with Crippen molar-refractivity contribution in [1.82, 2.24) is 10.2 Å². The minimum atomic E-state index is -0.908. The zero-order valence-electron chi connectivity index (χ0n) is 19.6. The van der Waals surface area contributed by atoms with E-state index in [0.29, 0.717) is 13.1 Å². The Bertz CT molecular complexity index is 1060. The molecule has 1 fully saturated rings. The topological polar surface area (TPSA) is 69.6 Å². The predicted molar refractivity (Wildman–Crippen MR) is 139 cm³/mol. The van der Waals surface area contributed by atoms with Crippen LogP contribution in [0.1, 0.15) is 63.3 Å². The summed E-state index contributed by atoms with van der Waals surface area (Å²) in [6.45, 7) is 6.10. The highest BCUT2D eigenvalue weighted by atomic mass is 16.3. The van der Waals surface area contributed by atoms with Crippen LogP contribution >= 0.6 is 0 Å². The summed E-state index contributed by atoms with van der Waals surface area (Å²) in [4.78, 5) is 27.2. The van der Waals surface area contributed by atoms with Crippen LogP contribution in [0.5, 0.6) is 0 Å². The molecule has 1 aliphatic heterocycles. The van der Waals surface area contributed by atoms with Crippen molar-refractivity contribution in [3.8, 4) is 0 Å². The smallest absolute Gasteiger partial charge is 0.247 e. The molecule has 2 amide bonds. The number of aliphatic hydroxyl groups is 1. The Hall–Kier alpha value is -3.18. The fraction of sp³-hybridized carbons (Fsp3) is 0.379. The van der Waals surface area contributed by atoms with E-state index >= 15 is 0 Å². The molecule has 0 spiro atoms. The van der Waals surface area contributed by atoms with E-state index in [2.05, 4.69) is 66.0 Å². The summed E-state index contributed by atoms with van der Waals surface area (Å²) in [5, 5.41) is 12.5. The first-order chi connectivity index (χ1) is 15.8. The lowest BCUT2D eigenvalue weighted by atomic mass is 9.86. The first-order valence-electron chi connectivity index (χ1n) is 11.6. The van der Waals surface area contributed by atoms with Gasteiger partial charge in [-0.3, -0.25) is 9.59 Å². The molecule has 1 atom stereocenters. The molecule has 0 saturated carbocycles. The summed E-state index contributed by atoms with van der Waals surface area (Å²) in [5.41, 5.74) is 6.81.